The van der Waals surface area contributed by atoms with Crippen LogP contribution in [0.25, 0.3) is 0 Å². The lowest BCUT2D eigenvalue weighted by atomic mass is 10.2. The molecule has 2 rings (SSSR count). The summed E-state index contributed by atoms with van der Waals surface area (Å²) in [4.78, 5) is 7.91. The second kappa shape index (κ2) is 5.66. The van der Waals surface area contributed by atoms with E-state index in [1.54, 1.807) is 0 Å². The molecule has 1 aromatic carbocycles. The van der Waals surface area contributed by atoms with Gasteiger partial charge in [0, 0.05) is 11.3 Å². The quantitative estimate of drug-likeness (QED) is 0.851. The fraction of sp³-hybridized carbons (Fsp3) is 0.231. The number of anilines is 2. The fourth-order valence-corrected chi connectivity index (χ4v) is 1.96. The van der Waals surface area contributed by atoms with E-state index in [1.807, 2.05) is 6.92 Å². The van der Waals surface area contributed by atoms with Crippen LogP contribution >= 0.6 is 11.6 Å². The lowest BCUT2D eigenvalue weighted by Crippen LogP contribution is -2.05. The predicted octanol–water partition coefficient (Wildman–Crippen LogP) is 4.45. The third-order valence-electron chi connectivity index (χ3n) is 2.72. The van der Waals surface area contributed by atoms with Crippen molar-refractivity contribution in [2.45, 2.75) is 19.5 Å². The molecule has 3 nitrogen and oxygen atoms in total. The first kappa shape index (κ1) is 14.6. The standard InChI is InChI=1S/C13H11ClF3N3/c1-2-10-11(14)18-7-19-12(10)20-9-5-3-8(4-6-9)13(15,16)17/h3-7H,2H2,1H3,(H,18,19,20). The summed E-state index contributed by atoms with van der Waals surface area (Å²) in [5.74, 6) is 0.493. The lowest BCUT2D eigenvalue weighted by Gasteiger charge is -2.11. The van der Waals surface area contributed by atoms with Crippen LogP contribution in [0.15, 0.2) is 30.6 Å². The van der Waals surface area contributed by atoms with Crippen molar-refractivity contribution in [3.63, 3.8) is 0 Å². The summed E-state index contributed by atoms with van der Waals surface area (Å²) in [6.07, 6.45) is -2.43. The van der Waals surface area contributed by atoms with Crippen LogP contribution in [0.4, 0.5) is 24.7 Å². The van der Waals surface area contributed by atoms with Gasteiger partial charge in [0.25, 0.3) is 0 Å². The van der Waals surface area contributed by atoms with Crippen LogP contribution in [0.3, 0.4) is 0 Å². The minimum atomic E-state index is -4.34. The molecule has 1 N–H and O–H groups in total. The van der Waals surface area contributed by atoms with Crippen molar-refractivity contribution >= 4 is 23.1 Å². The van der Waals surface area contributed by atoms with Gasteiger partial charge in [-0.1, -0.05) is 18.5 Å². The van der Waals surface area contributed by atoms with Crippen molar-refractivity contribution in [3.8, 4) is 0 Å². The summed E-state index contributed by atoms with van der Waals surface area (Å²) in [6.45, 7) is 1.89. The Hall–Kier alpha value is -1.82. The van der Waals surface area contributed by atoms with E-state index in [1.165, 1.54) is 18.5 Å². The Kier molecular flexibility index (Phi) is 4.13. The zero-order valence-corrected chi connectivity index (χ0v) is 11.3. The first-order valence-corrected chi connectivity index (χ1v) is 6.23. The smallest absolute Gasteiger partial charge is 0.340 e. The molecule has 0 aliphatic rings. The van der Waals surface area contributed by atoms with Crippen LogP contribution in [-0.4, -0.2) is 9.97 Å². The summed E-state index contributed by atoms with van der Waals surface area (Å²) in [5, 5.41) is 3.27. The van der Waals surface area contributed by atoms with Gasteiger partial charge in [-0.25, -0.2) is 9.97 Å². The van der Waals surface area contributed by atoms with E-state index < -0.39 is 11.7 Å². The van der Waals surface area contributed by atoms with Crippen molar-refractivity contribution in [2.24, 2.45) is 0 Å². The molecular formula is C13H11ClF3N3. The highest BCUT2D eigenvalue weighted by Crippen LogP contribution is 2.30. The molecule has 7 heteroatoms. The first-order chi connectivity index (χ1) is 9.41. The zero-order valence-electron chi connectivity index (χ0n) is 10.5. The molecule has 0 saturated heterocycles. The largest absolute Gasteiger partial charge is 0.416 e. The van der Waals surface area contributed by atoms with Crippen molar-refractivity contribution < 1.29 is 13.2 Å². The minimum Gasteiger partial charge on any atom is -0.340 e. The van der Waals surface area contributed by atoms with Gasteiger partial charge < -0.3 is 5.32 Å². The molecule has 0 atom stereocenters. The topological polar surface area (TPSA) is 37.8 Å². The molecule has 20 heavy (non-hydrogen) atoms. The molecule has 0 aliphatic carbocycles. The number of nitrogens with zero attached hydrogens (tertiary/aromatic N) is 2. The van der Waals surface area contributed by atoms with E-state index in [9.17, 15) is 13.2 Å². The Morgan fingerprint density at radius 2 is 1.80 bits per heavy atom. The number of aromatic nitrogens is 2. The molecule has 0 saturated carbocycles. The molecule has 0 amide bonds. The van der Waals surface area contributed by atoms with Crippen LogP contribution in [0.5, 0.6) is 0 Å². The zero-order chi connectivity index (χ0) is 14.8. The maximum atomic E-state index is 12.5. The Morgan fingerprint density at radius 3 is 2.35 bits per heavy atom. The van der Waals surface area contributed by atoms with Gasteiger partial charge in [-0.2, -0.15) is 13.2 Å². The maximum Gasteiger partial charge on any atom is 0.416 e. The highest BCUT2D eigenvalue weighted by atomic mass is 35.5. The van der Waals surface area contributed by atoms with E-state index in [0.717, 1.165) is 12.1 Å². The average Bonchev–Trinajstić information content (AvgIpc) is 2.38. The molecule has 0 bridgehead atoms. The predicted molar refractivity (Wildman–Crippen MR) is 71.1 cm³/mol. The Bertz CT molecular complexity index is 597. The molecule has 0 radical (unpaired) electrons. The summed E-state index contributed by atoms with van der Waals surface area (Å²) >= 11 is 5.94. The number of hydrogen-bond donors (Lipinski definition) is 1. The van der Waals surface area contributed by atoms with Gasteiger partial charge in [0.05, 0.1) is 5.56 Å². The minimum absolute atomic E-state index is 0.330. The Labute approximate surface area is 118 Å². The van der Waals surface area contributed by atoms with Crippen molar-refractivity contribution in [1.82, 2.24) is 9.97 Å². The number of alkyl halides is 3. The Balaban J connectivity index is 2.25. The summed E-state index contributed by atoms with van der Waals surface area (Å²) < 4.78 is 37.4. The van der Waals surface area contributed by atoms with Crippen LogP contribution in [0.2, 0.25) is 5.15 Å². The summed E-state index contributed by atoms with van der Waals surface area (Å²) in [6, 6.07) is 4.71. The number of nitrogens with one attached hydrogen (secondary N) is 1. The normalized spacial score (nSPS) is 11.4. The van der Waals surface area contributed by atoms with Crippen LogP contribution in [0.1, 0.15) is 18.1 Å². The van der Waals surface area contributed by atoms with E-state index in [0.29, 0.717) is 28.6 Å². The van der Waals surface area contributed by atoms with Crippen molar-refractivity contribution in [3.05, 3.63) is 46.9 Å². The van der Waals surface area contributed by atoms with Crippen molar-refractivity contribution in [2.75, 3.05) is 5.32 Å². The van der Waals surface area contributed by atoms with E-state index in [2.05, 4.69) is 15.3 Å². The number of hydrogen-bond acceptors (Lipinski definition) is 3. The molecule has 1 heterocycles. The SMILES string of the molecule is CCc1c(Cl)ncnc1Nc1ccc(C(F)(F)F)cc1. The molecule has 0 spiro atoms. The van der Waals surface area contributed by atoms with Crippen LogP contribution in [0, 0.1) is 0 Å². The first-order valence-electron chi connectivity index (χ1n) is 5.85. The molecule has 0 fully saturated rings. The molecule has 0 aliphatic heterocycles. The van der Waals surface area contributed by atoms with Gasteiger partial charge in [0.15, 0.2) is 0 Å². The van der Waals surface area contributed by atoms with Gasteiger partial charge in [-0.15, -0.1) is 0 Å². The van der Waals surface area contributed by atoms with Crippen LogP contribution in [-0.2, 0) is 12.6 Å². The van der Waals surface area contributed by atoms with Gasteiger partial charge >= 0.3 is 6.18 Å². The summed E-state index contributed by atoms with van der Waals surface area (Å²) in [5.41, 5.74) is 0.524. The molecule has 106 valence electrons. The molecule has 1 aromatic heterocycles. The lowest BCUT2D eigenvalue weighted by molar-refractivity contribution is -0.137. The molecule has 0 unspecified atom stereocenters. The summed E-state index contributed by atoms with van der Waals surface area (Å²) in [7, 11) is 0. The van der Waals surface area contributed by atoms with E-state index in [-0.39, 0.29) is 0 Å². The van der Waals surface area contributed by atoms with Gasteiger partial charge in [-0.3, -0.25) is 0 Å². The highest BCUT2D eigenvalue weighted by Gasteiger charge is 2.29. The fourth-order valence-electron chi connectivity index (χ4n) is 1.69. The Morgan fingerprint density at radius 1 is 1.15 bits per heavy atom. The second-order valence-corrected chi connectivity index (χ2v) is 4.40. The monoisotopic (exact) mass is 301 g/mol. The highest BCUT2D eigenvalue weighted by molar-refractivity contribution is 6.30. The van der Waals surface area contributed by atoms with Gasteiger partial charge in [0.2, 0.25) is 0 Å². The van der Waals surface area contributed by atoms with E-state index >= 15 is 0 Å². The number of halogens is 4. The van der Waals surface area contributed by atoms with Gasteiger partial charge in [0.1, 0.15) is 17.3 Å². The number of benzene rings is 1. The molecule has 2 aromatic rings. The third-order valence-corrected chi connectivity index (χ3v) is 3.05. The van der Waals surface area contributed by atoms with Crippen molar-refractivity contribution in [1.29, 1.82) is 0 Å². The van der Waals surface area contributed by atoms with Crippen LogP contribution < -0.4 is 5.32 Å². The molecular weight excluding hydrogens is 291 g/mol. The van der Waals surface area contributed by atoms with E-state index in [4.69, 9.17) is 11.6 Å². The third kappa shape index (κ3) is 3.19. The maximum absolute atomic E-state index is 12.5. The number of rotatable bonds is 3. The second-order valence-electron chi connectivity index (χ2n) is 4.05. The average molecular weight is 302 g/mol. The van der Waals surface area contributed by atoms with Gasteiger partial charge in [-0.05, 0) is 30.7 Å².